The van der Waals surface area contributed by atoms with Crippen molar-refractivity contribution in [3.63, 3.8) is 0 Å². The Labute approximate surface area is 126 Å². The summed E-state index contributed by atoms with van der Waals surface area (Å²) in [7, 11) is 0. The maximum Gasteiger partial charge on any atom is 0.293 e. The van der Waals surface area contributed by atoms with E-state index in [0.717, 1.165) is 25.1 Å². The average molecular weight is 304 g/mol. The fourth-order valence-electron chi connectivity index (χ4n) is 2.65. The summed E-state index contributed by atoms with van der Waals surface area (Å²) in [5, 5.41) is 13.2. The monoisotopic (exact) mass is 304 g/mol. The minimum Gasteiger partial charge on any atom is -0.318 e. The molecule has 0 atom stereocenters. The summed E-state index contributed by atoms with van der Waals surface area (Å²) >= 11 is 1.81. The van der Waals surface area contributed by atoms with Crippen LogP contribution in [0.3, 0.4) is 0 Å². The van der Waals surface area contributed by atoms with E-state index < -0.39 is 4.92 Å². The van der Waals surface area contributed by atoms with Crippen LogP contribution in [0, 0.1) is 10.1 Å². The van der Waals surface area contributed by atoms with Gasteiger partial charge in [-0.05, 0) is 35.1 Å². The van der Waals surface area contributed by atoms with E-state index in [2.05, 4.69) is 21.8 Å². The number of nitrogens with two attached hydrogens (primary N) is 1. The molecule has 0 spiro atoms. The summed E-state index contributed by atoms with van der Waals surface area (Å²) < 4.78 is 0. The third-order valence-corrected chi connectivity index (χ3v) is 4.73. The number of fused-ring (bicyclic) bond motifs is 1. The second kappa shape index (κ2) is 5.80. The normalized spacial score (nSPS) is 14.7. The molecule has 21 heavy (non-hydrogen) atoms. The molecule has 0 unspecified atom stereocenters. The van der Waals surface area contributed by atoms with Crippen molar-refractivity contribution < 1.29 is 4.92 Å². The Morgan fingerprint density at radius 1 is 1.43 bits per heavy atom. The summed E-state index contributed by atoms with van der Waals surface area (Å²) in [6.45, 7) is 2.60. The van der Waals surface area contributed by atoms with E-state index in [0.29, 0.717) is 12.2 Å². The second-order valence-corrected chi connectivity index (χ2v) is 6.08. The van der Waals surface area contributed by atoms with Crippen LogP contribution in [0.25, 0.3) is 0 Å². The fourth-order valence-corrected chi connectivity index (χ4v) is 3.54. The zero-order chi connectivity index (χ0) is 14.8. The molecular weight excluding hydrogens is 288 g/mol. The van der Waals surface area contributed by atoms with Crippen LogP contribution in [0.1, 0.15) is 16.0 Å². The van der Waals surface area contributed by atoms with Crippen molar-refractivity contribution in [2.75, 3.05) is 12.0 Å². The lowest BCUT2D eigenvalue weighted by Gasteiger charge is -2.26. The van der Waals surface area contributed by atoms with E-state index in [1.807, 2.05) is 6.07 Å². The van der Waals surface area contributed by atoms with Gasteiger partial charge in [-0.25, -0.2) is 0 Å². The first-order valence-corrected chi connectivity index (χ1v) is 7.57. The van der Waals surface area contributed by atoms with Crippen LogP contribution < -0.4 is 11.3 Å². The van der Waals surface area contributed by atoms with Gasteiger partial charge in [0.2, 0.25) is 0 Å². The molecule has 2 heterocycles. The molecule has 0 radical (unpaired) electrons. The first-order chi connectivity index (χ1) is 10.2. The number of nitrogens with zero attached hydrogens (tertiary/aromatic N) is 2. The summed E-state index contributed by atoms with van der Waals surface area (Å²) in [4.78, 5) is 14.4. The quantitative estimate of drug-likeness (QED) is 0.515. The molecule has 1 aliphatic heterocycles. The number of hydrogen-bond acceptors (Lipinski definition) is 6. The largest absolute Gasteiger partial charge is 0.318 e. The molecule has 7 heteroatoms. The van der Waals surface area contributed by atoms with Gasteiger partial charge in [-0.15, -0.1) is 11.3 Å². The molecule has 1 aromatic heterocycles. The van der Waals surface area contributed by atoms with Gasteiger partial charge < -0.3 is 5.43 Å². The number of nitro groups is 1. The first-order valence-electron chi connectivity index (χ1n) is 6.69. The van der Waals surface area contributed by atoms with Gasteiger partial charge in [-0.1, -0.05) is 6.07 Å². The van der Waals surface area contributed by atoms with Crippen molar-refractivity contribution >= 4 is 22.7 Å². The predicted molar refractivity (Wildman–Crippen MR) is 83.0 cm³/mol. The second-order valence-electron chi connectivity index (χ2n) is 5.08. The Morgan fingerprint density at radius 3 is 3.05 bits per heavy atom. The number of anilines is 1. The van der Waals surface area contributed by atoms with Gasteiger partial charge in [0.15, 0.2) is 0 Å². The summed E-state index contributed by atoms with van der Waals surface area (Å²) in [5.74, 6) is 5.30. The van der Waals surface area contributed by atoms with Crippen LogP contribution in [-0.4, -0.2) is 16.4 Å². The van der Waals surface area contributed by atoms with Gasteiger partial charge >= 0.3 is 0 Å². The first kappa shape index (κ1) is 14.0. The lowest BCUT2D eigenvalue weighted by molar-refractivity contribution is -0.384. The van der Waals surface area contributed by atoms with Crippen LogP contribution in [0.2, 0.25) is 0 Å². The highest BCUT2D eigenvalue weighted by molar-refractivity contribution is 7.10. The lowest BCUT2D eigenvalue weighted by Crippen LogP contribution is -2.29. The number of hydrogen-bond donors (Lipinski definition) is 2. The Balaban J connectivity index is 1.77. The van der Waals surface area contributed by atoms with E-state index in [1.54, 1.807) is 23.5 Å². The minimum absolute atomic E-state index is 0.0169. The summed E-state index contributed by atoms with van der Waals surface area (Å²) in [6.07, 6.45) is 1.05. The minimum atomic E-state index is -0.411. The van der Waals surface area contributed by atoms with Gasteiger partial charge in [0, 0.05) is 30.6 Å². The van der Waals surface area contributed by atoms with E-state index in [-0.39, 0.29) is 5.69 Å². The molecule has 0 bridgehead atoms. The zero-order valence-electron chi connectivity index (χ0n) is 11.4. The van der Waals surface area contributed by atoms with Crippen molar-refractivity contribution in [2.45, 2.75) is 19.5 Å². The van der Waals surface area contributed by atoms with E-state index >= 15 is 0 Å². The lowest BCUT2D eigenvalue weighted by atomic mass is 10.1. The Morgan fingerprint density at radius 2 is 2.29 bits per heavy atom. The van der Waals surface area contributed by atoms with Gasteiger partial charge in [-0.2, -0.15) is 0 Å². The summed E-state index contributed by atoms with van der Waals surface area (Å²) in [6, 6.07) is 7.30. The van der Waals surface area contributed by atoms with Crippen molar-refractivity contribution in [1.29, 1.82) is 0 Å². The van der Waals surface area contributed by atoms with Gasteiger partial charge in [0.25, 0.3) is 5.69 Å². The highest BCUT2D eigenvalue weighted by Gasteiger charge is 2.19. The molecule has 0 fully saturated rings. The number of rotatable bonds is 4. The maximum atomic E-state index is 11.1. The number of nitro benzene ring substituents is 1. The topological polar surface area (TPSA) is 84.4 Å². The molecule has 0 aliphatic carbocycles. The van der Waals surface area contributed by atoms with Crippen molar-refractivity contribution in [3.8, 4) is 0 Å². The highest BCUT2D eigenvalue weighted by atomic mass is 32.1. The van der Waals surface area contributed by atoms with Gasteiger partial charge in [0.1, 0.15) is 5.69 Å². The molecule has 0 saturated carbocycles. The van der Waals surface area contributed by atoms with Crippen molar-refractivity contribution in [3.05, 3.63) is 55.8 Å². The fraction of sp³-hybridized carbons (Fsp3) is 0.286. The van der Waals surface area contributed by atoms with Crippen molar-refractivity contribution in [2.24, 2.45) is 5.84 Å². The van der Waals surface area contributed by atoms with Crippen LogP contribution in [-0.2, 0) is 19.5 Å². The Kier molecular flexibility index (Phi) is 3.87. The Bertz CT molecular complexity index is 671. The number of nitrogen functional groups attached to an aromatic ring is 1. The number of benzene rings is 1. The predicted octanol–water partition coefficient (Wildman–Crippen LogP) is 2.50. The Hall–Kier alpha value is -1.96. The molecule has 0 saturated heterocycles. The maximum absolute atomic E-state index is 11.1. The summed E-state index contributed by atoms with van der Waals surface area (Å²) in [5.41, 5.74) is 5.02. The van der Waals surface area contributed by atoms with Crippen LogP contribution >= 0.6 is 11.3 Å². The number of nitrogens with one attached hydrogen (secondary N) is 1. The molecule has 2 aromatic rings. The molecule has 6 nitrogen and oxygen atoms in total. The van der Waals surface area contributed by atoms with E-state index in [1.165, 1.54) is 10.4 Å². The van der Waals surface area contributed by atoms with Crippen LogP contribution in [0.4, 0.5) is 11.4 Å². The van der Waals surface area contributed by atoms with Crippen LogP contribution in [0.15, 0.2) is 29.6 Å². The molecule has 3 rings (SSSR count). The molecular formula is C14H16N4O2S. The SMILES string of the molecule is NNc1ccc(CN2CCc3sccc3C2)cc1[N+](=O)[O-]. The third kappa shape index (κ3) is 2.90. The average Bonchev–Trinajstić information content (AvgIpc) is 2.94. The van der Waals surface area contributed by atoms with Crippen molar-refractivity contribution in [1.82, 2.24) is 4.90 Å². The van der Waals surface area contributed by atoms with E-state index in [9.17, 15) is 10.1 Å². The van der Waals surface area contributed by atoms with Crippen LogP contribution in [0.5, 0.6) is 0 Å². The molecule has 0 amide bonds. The third-order valence-electron chi connectivity index (χ3n) is 3.71. The van der Waals surface area contributed by atoms with Gasteiger partial charge in [-0.3, -0.25) is 20.9 Å². The smallest absolute Gasteiger partial charge is 0.293 e. The van der Waals surface area contributed by atoms with E-state index in [4.69, 9.17) is 5.84 Å². The van der Waals surface area contributed by atoms with Gasteiger partial charge in [0.05, 0.1) is 4.92 Å². The molecule has 110 valence electrons. The standard InChI is InChI=1S/C14H16N4O2S/c15-16-12-2-1-10(7-13(12)18(19)20)8-17-5-3-14-11(9-17)4-6-21-14/h1-2,4,6-7,16H,3,5,8-9,15H2. The molecule has 1 aliphatic rings. The number of thiophene rings is 1. The molecule has 3 N–H and O–H groups in total. The molecule has 1 aromatic carbocycles. The zero-order valence-corrected chi connectivity index (χ0v) is 12.2. The number of hydrazine groups is 1. The highest BCUT2D eigenvalue weighted by Crippen LogP contribution is 2.28.